The van der Waals surface area contributed by atoms with E-state index in [2.05, 4.69) is 53.2 Å². The quantitative estimate of drug-likeness (QED) is 0.115. The van der Waals surface area contributed by atoms with Crippen LogP contribution in [0.4, 0.5) is 29.0 Å². The lowest BCUT2D eigenvalue weighted by Gasteiger charge is -2.16. The number of rotatable bonds is 12. The lowest BCUT2D eigenvalue weighted by atomic mass is 10.2. The minimum absolute atomic E-state index is 0.611. The Morgan fingerprint density at radius 3 is 2.31 bits per heavy atom. The van der Waals surface area contributed by atoms with E-state index in [-0.39, 0.29) is 0 Å². The van der Waals surface area contributed by atoms with Gasteiger partial charge in [-0.15, -0.1) is 10.2 Å². The summed E-state index contributed by atoms with van der Waals surface area (Å²) in [7, 11) is 3.65. The Bertz CT molecular complexity index is 1380. The molecular weight excluding hydrogens is 490 g/mol. The molecule has 0 unspecified atom stereocenters. The highest BCUT2D eigenvalue weighted by molar-refractivity contribution is 5.53. The topological polar surface area (TPSA) is 88.5 Å². The van der Waals surface area contributed by atoms with Crippen molar-refractivity contribution in [3.8, 4) is 5.75 Å². The number of azo groups is 2. The summed E-state index contributed by atoms with van der Waals surface area (Å²) in [5.41, 5.74) is 2.90. The van der Waals surface area contributed by atoms with Gasteiger partial charge in [0.25, 0.3) is 0 Å². The maximum absolute atomic E-state index is 5.18. The highest BCUT2D eigenvalue weighted by Gasteiger charge is 2.15. The van der Waals surface area contributed by atoms with E-state index in [0.29, 0.717) is 5.95 Å². The number of unbranched alkanes of at least 4 members (excludes halogenated alkanes) is 2. The first-order valence-electron chi connectivity index (χ1n) is 13.6. The molecule has 202 valence electrons. The molecule has 0 radical (unpaired) electrons. The van der Waals surface area contributed by atoms with Gasteiger partial charge in [-0.05, 0) is 80.6 Å². The number of benzene rings is 2. The molecule has 10 nitrogen and oxygen atoms in total. The standard InChI is InChI=1S/C29H36N9O/c1-35-22-23-38(29(35)34-32-24-8-12-26(13-9-24)36-17-6-7-18-36)20-5-3-4-19-37-21-16-30-28(37)33-31-25-10-14-27(39-2)15-11-25/h8-16,21-23H,3-7,17-20H2,1-2H3/q+1/b33-31+. The number of imidazole rings is 2. The van der Waals surface area contributed by atoms with Crippen LogP contribution in [0.15, 0.2) is 93.8 Å². The second-order valence-corrected chi connectivity index (χ2v) is 9.69. The van der Waals surface area contributed by atoms with Gasteiger partial charge in [0.1, 0.15) is 11.4 Å². The number of anilines is 1. The lowest BCUT2D eigenvalue weighted by Crippen LogP contribution is -2.31. The van der Waals surface area contributed by atoms with Crippen molar-refractivity contribution >= 4 is 29.0 Å². The molecule has 4 aromatic rings. The summed E-state index contributed by atoms with van der Waals surface area (Å²) in [5, 5.41) is 17.7. The van der Waals surface area contributed by atoms with E-state index in [0.717, 1.165) is 68.5 Å². The molecule has 0 aliphatic carbocycles. The van der Waals surface area contributed by atoms with Crippen LogP contribution < -0.4 is 14.2 Å². The predicted molar refractivity (Wildman–Crippen MR) is 151 cm³/mol. The van der Waals surface area contributed by atoms with Crippen LogP contribution in [0.1, 0.15) is 32.1 Å². The first-order chi connectivity index (χ1) is 19.2. The van der Waals surface area contributed by atoms with Crippen LogP contribution in [0.3, 0.4) is 0 Å². The second-order valence-electron chi connectivity index (χ2n) is 9.69. The van der Waals surface area contributed by atoms with Crippen molar-refractivity contribution in [1.29, 1.82) is 0 Å². The monoisotopic (exact) mass is 526 g/mol. The Hall–Kier alpha value is -4.34. The van der Waals surface area contributed by atoms with Crippen LogP contribution in [-0.2, 0) is 20.1 Å². The Balaban J connectivity index is 1.09. The fraction of sp³-hybridized carbons (Fsp3) is 0.379. The van der Waals surface area contributed by atoms with Crippen molar-refractivity contribution in [3.05, 3.63) is 73.3 Å². The van der Waals surface area contributed by atoms with Gasteiger partial charge in [-0.2, -0.15) is 0 Å². The van der Waals surface area contributed by atoms with Gasteiger partial charge in [-0.25, -0.2) is 14.1 Å². The van der Waals surface area contributed by atoms with Crippen LogP contribution >= 0.6 is 0 Å². The van der Waals surface area contributed by atoms with Crippen molar-refractivity contribution in [2.24, 2.45) is 27.5 Å². The Kier molecular flexibility index (Phi) is 8.72. The lowest BCUT2D eigenvalue weighted by molar-refractivity contribution is -0.684. The molecule has 0 spiro atoms. The zero-order chi connectivity index (χ0) is 26.9. The molecule has 1 aliphatic rings. The first-order valence-corrected chi connectivity index (χ1v) is 13.6. The highest BCUT2D eigenvalue weighted by Crippen LogP contribution is 2.24. The van der Waals surface area contributed by atoms with Gasteiger partial charge in [0.15, 0.2) is 0 Å². The minimum atomic E-state index is 0.611. The molecule has 2 aromatic heterocycles. The fourth-order valence-corrected chi connectivity index (χ4v) is 4.70. The molecule has 0 atom stereocenters. The largest absolute Gasteiger partial charge is 0.497 e. The zero-order valence-corrected chi connectivity index (χ0v) is 22.7. The van der Waals surface area contributed by atoms with Crippen molar-refractivity contribution in [3.63, 3.8) is 0 Å². The molecule has 1 saturated heterocycles. The summed E-state index contributed by atoms with van der Waals surface area (Å²) >= 11 is 0. The number of hydrogen-bond donors (Lipinski definition) is 0. The summed E-state index contributed by atoms with van der Waals surface area (Å²) in [6.07, 6.45) is 13.5. The summed E-state index contributed by atoms with van der Waals surface area (Å²) in [4.78, 5) is 6.76. The third-order valence-electron chi connectivity index (χ3n) is 6.94. The first kappa shape index (κ1) is 26.3. The molecule has 0 saturated carbocycles. The van der Waals surface area contributed by atoms with E-state index in [9.17, 15) is 0 Å². The van der Waals surface area contributed by atoms with Crippen LogP contribution in [0.5, 0.6) is 5.75 Å². The van der Waals surface area contributed by atoms with Gasteiger partial charge in [-0.3, -0.25) is 0 Å². The SMILES string of the molecule is COc1ccc(/N=N/c2nccn2CCCCC[n+]2ccn(C)c2/N=N/c2ccc(N3CCCC3)cc2)cc1. The molecule has 1 aliphatic heterocycles. The van der Waals surface area contributed by atoms with Gasteiger partial charge in [0, 0.05) is 42.8 Å². The van der Waals surface area contributed by atoms with E-state index in [1.807, 2.05) is 65.0 Å². The van der Waals surface area contributed by atoms with E-state index in [1.54, 1.807) is 13.3 Å². The smallest absolute Gasteiger partial charge is 0.421 e. The van der Waals surface area contributed by atoms with E-state index in [1.165, 1.54) is 18.5 Å². The highest BCUT2D eigenvalue weighted by atomic mass is 16.5. The number of aromatic nitrogens is 4. The van der Waals surface area contributed by atoms with Crippen LogP contribution in [-0.4, -0.2) is 34.3 Å². The number of hydrogen-bond acceptors (Lipinski definition) is 7. The van der Waals surface area contributed by atoms with E-state index < -0.39 is 0 Å². The summed E-state index contributed by atoms with van der Waals surface area (Å²) in [6.45, 7) is 4.01. The summed E-state index contributed by atoms with van der Waals surface area (Å²) in [5.74, 6) is 2.25. The average Bonchev–Trinajstić information content (AvgIpc) is 3.74. The number of aryl methyl sites for hydroxylation is 3. The van der Waals surface area contributed by atoms with Crippen molar-refractivity contribution < 1.29 is 9.30 Å². The van der Waals surface area contributed by atoms with Crippen molar-refractivity contribution in [1.82, 2.24) is 14.1 Å². The average molecular weight is 527 g/mol. The molecule has 1 fully saturated rings. The third kappa shape index (κ3) is 6.95. The molecule has 10 heteroatoms. The Morgan fingerprint density at radius 2 is 1.56 bits per heavy atom. The molecule has 5 rings (SSSR count). The maximum atomic E-state index is 5.18. The molecular formula is C29H36N9O+. The van der Waals surface area contributed by atoms with E-state index in [4.69, 9.17) is 4.74 Å². The van der Waals surface area contributed by atoms with Gasteiger partial charge in [0.2, 0.25) is 5.95 Å². The Morgan fingerprint density at radius 1 is 0.846 bits per heavy atom. The van der Waals surface area contributed by atoms with Crippen molar-refractivity contribution in [2.45, 2.75) is 45.2 Å². The van der Waals surface area contributed by atoms with Gasteiger partial charge >= 0.3 is 5.95 Å². The molecule has 3 heterocycles. The minimum Gasteiger partial charge on any atom is -0.497 e. The predicted octanol–water partition coefficient (Wildman–Crippen LogP) is 6.82. The maximum Gasteiger partial charge on any atom is 0.421 e. The normalized spacial score (nSPS) is 13.7. The van der Waals surface area contributed by atoms with Gasteiger partial charge < -0.3 is 14.2 Å². The van der Waals surface area contributed by atoms with E-state index >= 15 is 0 Å². The molecule has 0 bridgehead atoms. The number of ether oxygens (including phenoxy) is 1. The summed E-state index contributed by atoms with van der Waals surface area (Å²) in [6, 6.07) is 15.9. The Labute approximate surface area is 229 Å². The fourth-order valence-electron chi connectivity index (χ4n) is 4.70. The zero-order valence-electron chi connectivity index (χ0n) is 22.7. The van der Waals surface area contributed by atoms with Crippen molar-refractivity contribution in [2.75, 3.05) is 25.1 Å². The summed E-state index contributed by atoms with van der Waals surface area (Å²) < 4.78 is 11.4. The van der Waals surface area contributed by atoms with Gasteiger partial charge in [0.05, 0.1) is 38.8 Å². The number of nitrogens with zero attached hydrogens (tertiary/aromatic N) is 9. The van der Waals surface area contributed by atoms with Crippen LogP contribution in [0, 0.1) is 0 Å². The third-order valence-corrected chi connectivity index (χ3v) is 6.94. The molecule has 2 aromatic carbocycles. The van der Waals surface area contributed by atoms with Crippen LogP contribution in [0.25, 0.3) is 0 Å². The molecule has 0 amide bonds. The molecule has 0 N–H and O–H groups in total. The number of methoxy groups -OCH3 is 1. The second kappa shape index (κ2) is 12.9. The van der Waals surface area contributed by atoms with Crippen LogP contribution in [0.2, 0.25) is 0 Å². The van der Waals surface area contributed by atoms with Gasteiger partial charge in [-0.1, -0.05) is 5.11 Å². The molecule has 39 heavy (non-hydrogen) atoms.